The lowest BCUT2D eigenvalue weighted by atomic mass is 9.53. The van der Waals surface area contributed by atoms with Gasteiger partial charge in [-0.2, -0.15) is 0 Å². The molecule has 3 aromatic rings. The lowest BCUT2D eigenvalue weighted by Crippen LogP contribution is -2.48. The molecule has 2 N–H and O–H groups in total. The van der Waals surface area contributed by atoms with Gasteiger partial charge in [-0.05, 0) is 37.0 Å². The van der Waals surface area contributed by atoms with Crippen LogP contribution in [0, 0.1) is 12.8 Å². The van der Waals surface area contributed by atoms with Gasteiger partial charge in [0.25, 0.3) is 5.91 Å². The number of hydrogen-bond acceptors (Lipinski definition) is 8. The molecule has 1 unspecified atom stereocenters. The quantitative estimate of drug-likeness (QED) is 0.451. The molecule has 1 fully saturated rings. The Morgan fingerprint density at radius 2 is 2.08 bits per heavy atom. The Balaban J connectivity index is 1.43. The van der Waals surface area contributed by atoms with E-state index in [9.17, 15) is 14.7 Å². The van der Waals surface area contributed by atoms with E-state index in [-0.39, 0.29) is 30.7 Å². The van der Waals surface area contributed by atoms with Crippen LogP contribution in [0.15, 0.2) is 45.4 Å². The molecule has 193 valence electrons. The van der Waals surface area contributed by atoms with Crippen LogP contribution in [0.5, 0.6) is 0 Å². The van der Waals surface area contributed by atoms with Crippen molar-refractivity contribution in [2.24, 2.45) is 10.9 Å². The van der Waals surface area contributed by atoms with Crippen molar-refractivity contribution in [3.8, 4) is 10.4 Å². The van der Waals surface area contributed by atoms with Gasteiger partial charge in [-0.15, -0.1) is 11.3 Å². The number of rotatable bonds is 7. The second-order valence-corrected chi connectivity index (χ2v) is 11.2. The van der Waals surface area contributed by atoms with Crippen LogP contribution >= 0.6 is 11.3 Å². The van der Waals surface area contributed by atoms with E-state index in [1.807, 2.05) is 50.5 Å². The minimum absolute atomic E-state index is 0.106. The molecule has 2 aliphatic heterocycles. The van der Waals surface area contributed by atoms with Crippen molar-refractivity contribution in [3.05, 3.63) is 52.9 Å². The Bertz CT molecular complexity index is 1390. The van der Waals surface area contributed by atoms with Gasteiger partial charge in [0, 0.05) is 26.3 Å². The highest BCUT2D eigenvalue weighted by molar-refractivity contribution is 7.13. The Morgan fingerprint density at radius 3 is 2.68 bits per heavy atom. The van der Waals surface area contributed by atoms with Crippen molar-refractivity contribution < 1.29 is 19.2 Å². The number of nitrogens with zero attached hydrogens (tertiary/aromatic N) is 4. The summed E-state index contributed by atoms with van der Waals surface area (Å²) in [6, 6.07) is 8.80. The second-order valence-electron chi connectivity index (χ2n) is 10.3. The monoisotopic (exact) mass is 528 g/mol. The third-order valence-corrected chi connectivity index (χ3v) is 8.29. The van der Waals surface area contributed by atoms with Crippen LogP contribution in [-0.4, -0.2) is 71.4 Å². The van der Waals surface area contributed by atoms with Crippen molar-refractivity contribution >= 4 is 49.5 Å². The van der Waals surface area contributed by atoms with E-state index in [1.54, 1.807) is 29.2 Å². The van der Waals surface area contributed by atoms with Crippen molar-refractivity contribution in [2.75, 3.05) is 6.54 Å². The number of aryl methyl sites for hydroxylation is 1. The van der Waals surface area contributed by atoms with Crippen LogP contribution in [0.25, 0.3) is 10.4 Å². The summed E-state index contributed by atoms with van der Waals surface area (Å²) in [6.07, 6.45) is -0.471. The molecule has 12 heteroatoms. The number of nitrogens with one attached hydrogen (secondary N) is 1. The Hall–Kier alpha value is -3.24. The Kier molecular flexibility index (Phi) is 7.04. The van der Waals surface area contributed by atoms with E-state index in [0.717, 1.165) is 21.7 Å². The molecule has 0 bridgehead atoms. The smallest absolute Gasteiger partial charge is 0.257 e. The zero-order valence-electron chi connectivity index (χ0n) is 21.7. The molecule has 9 nitrogen and oxygen atoms in total. The number of thiazole rings is 1. The lowest BCUT2D eigenvalue weighted by molar-refractivity contribution is -0.134. The third-order valence-electron chi connectivity index (χ3n) is 7.32. The second kappa shape index (κ2) is 10.1. The van der Waals surface area contributed by atoms with E-state index < -0.39 is 23.6 Å². The number of aromatic nitrogens is 2. The molecule has 2 amide bonds. The lowest BCUT2D eigenvalue weighted by Gasteiger charge is -2.29. The van der Waals surface area contributed by atoms with Crippen LogP contribution in [0.2, 0.25) is 0 Å². The maximum Gasteiger partial charge on any atom is 0.257 e. The number of amidine groups is 1. The predicted molar refractivity (Wildman–Crippen MR) is 147 cm³/mol. The number of carbonyl (C=O) groups excluding carboxylic acids is 2. The number of aliphatic hydroxyl groups excluding tert-OH is 1. The molecule has 5 rings (SSSR count). The minimum atomic E-state index is -1.16. The first-order valence-corrected chi connectivity index (χ1v) is 13.4. The summed E-state index contributed by atoms with van der Waals surface area (Å²) in [5.41, 5.74) is 3.81. The highest BCUT2D eigenvalue weighted by Gasteiger charge is 2.48. The van der Waals surface area contributed by atoms with Gasteiger partial charge in [0.05, 0.1) is 28.2 Å². The first kappa shape index (κ1) is 26.4. The van der Waals surface area contributed by atoms with Crippen LogP contribution < -0.4 is 10.9 Å². The number of carbonyl (C=O) groups is 2. The van der Waals surface area contributed by atoms with Crippen LogP contribution in [0.3, 0.4) is 0 Å². The minimum Gasteiger partial charge on any atom is -0.391 e. The number of amides is 2. The highest BCUT2D eigenvalue weighted by atomic mass is 32.1. The SMILES string of the molecule is [B][B]c1cc(C(C(=O)N2C[C@H](O)C[C@H]2C2=N[C@@](C)(c3ccc(-c4scnc4C)cc3)C(=O)N2)C(C)C)on1. The summed E-state index contributed by atoms with van der Waals surface area (Å²) in [6.45, 7) is 7.69. The summed E-state index contributed by atoms with van der Waals surface area (Å²) in [4.78, 5) is 38.8. The maximum absolute atomic E-state index is 13.8. The molecule has 4 atom stereocenters. The average molecular weight is 528 g/mol. The predicted octanol–water partition coefficient (Wildman–Crippen LogP) is 1.66. The van der Waals surface area contributed by atoms with E-state index in [0.29, 0.717) is 17.2 Å². The van der Waals surface area contributed by atoms with E-state index >= 15 is 0 Å². The van der Waals surface area contributed by atoms with Gasteiger partial charge in [-0.25, -0.2) is 9.98 Å². The van der Waals surface area contributed by atoms with Crippen molar-refractivity contribution in [1.82, 2.24) is 20.4 Å². The average Bonchev–Trinajstić information content (AvgIpc) is 3.67. The first-order valence-electron chi connectivity index (χ1n) is 12.5. The number of benzene rings is 1. The Morgan fingerprint density at radius 1 is 1.34 bits per heavy atom. The van der Waals surface area contributed by atoms with Crippen LogP contribution in [0.1, 0.15) is 50.1 Å². The molecular weight excluding hydrogens is 500 g/mol. The highest BCUT2D eigenvalue weighted by Crippen LogP contribution is 2.36. The summed E-state index contributed by atoms with van der Waals surface area (Å²) in [7, 11) is 6.86. The van der Waals surface area contributed by atoms with Crippen molar-refractivity contribution in [2.45, 2.75) is 57.7 Å². The first-order chi connectivity index (χ1) is 18.1. The number of aliphatic imine (C=N–C) groups is 1. The molecule has 0 aliphatic carbocycles. The zero-order valence-corrected chi connectivity index (χ0v) is 22.5. The normalized spacial score (nSPS) is 24.0. The van der Waals surface area contributed by atoms with Gasteiger partial charge in [-0.1, -0.05) is 43.3 Å². The zero-order chi connectivity index (χ0) is 27.2. The molecule has 2 aliphatic rings. The van der Waals surface area contributed by atoms with Gasteiger partial charge in [0.2, 0.25) is 5.91 Å². The maximum atomic E-state index is 13.8. The molecule has 38 heavy (non-hydrogen) atoms. The topological polar surface area (TPSA) is 121 Å². The molecule has 3 radical (unpaired) electrons. The molecule has 1 aromatic carbocycles. The van der Waals surface area contributed by atoms with Crippen LogP contribution in [0.4, 0.5) is 0 Å². The summed E-state index contributed by atoms with van der Waals surface area (Å²) in [5, 5.41) is 17.3. The molecule has 4 heterocycles. The standard InChI is InChI=1S/C26H28B2N5O4S/c1-13(2)21(19-10-20(28-27)32-37-19)24(35)33-11-17(34)9-18(33)23-30-25(36)26(4,31-23)16-7-5-15(6-8-16)22-14(3)29-12-38-22/h5-8,10,12-13,17-18,21,34H,9,11H2,1-4H3,(H,30,31,36)/t17-,18+,21?,26+/m1/s1. The fraction of sp³-hybridized carbons (Fsp3) is 0.423. The van der Waals surface area contributed by atoms with Gasteiger partial charge >= 0.3 is 0 Å². The van der Waals surface area contributed by atoms with Crippen LogP contribution in [-0.2, 0) is 15.1 Å². The third kappa shape index (κ3) is 4.60. The number of β-amino-alcohol motifs (C(OH)–C–C–N with tert-alkyl or cyclic N) is 1. The fourth-order valence-corrected chi connectivity index (χ4v) is 6.01. The molecule has 0 saturated carbocycles. The van der Waals surface area contributed by atoms with Crippen molar-refractivity contribution in [1.29, 1.82) is 0 Å². The van der Waals surface area contributed by atoms with E-state index in [4.69, 9.17) is 17.3 Å². The fourth-order valence-electron chi connectivity index (χ4n) is 5.20. The Labute approximate surface area is 227 Å². The summed E-state index contributed by atoms with van der Waals surface area (Å²) >= 11 is 1.57. The van der Waals surface area contributed by atoms with Gasteiger partial charge < -0.3 is 19.8 Å². The number of likely N-dealkylation sites (tertiary alicyclic amines) is 1. The molecular formula is C26H28B2N5O4S. The van der Waals surface area contributed by atoms with Gasteiger partial charge in [-0.3, -0.25) is 9.59 Å². The van der Waals surface area contributed by atoms with E-state index in [2.05, 4.69) is 15.5 Å². The largest absolute Gasteiger partial charge is 0.391 e. The van der Waals surface area contributed by atoms with E-state index in [1.165, 1.54) is 7.17 Å². The number of hydrogen-bond donors (Lipinski definition) is 2. The summed E-state index contributed by atoms with van der Waals surface area (Å²) in [5.74, 6) is -0.458. The molecule has 0 spiro atoms. The van der Waals surface area contributed by atoms with Crippen molar-refractivity contribution in [3.63, 3.8) is 0 Å². The number of aliphatic hydroxyl groups is 1. The van der Waals surface area contributed by atoms with Gasteiger partial charge in [0.1, 0.15) is 24.7 Å². The van der Waals surface area contributed by atoms with Gasteiger partial charge in [0.15, 0.2) is 5.54 Å². The molecule has 1 saturated heterocycles. The molecule has 2 aromatic heterocycles. The summed E-state index contributed by atoms with van der Waals surface area (Å²) < 4.78 is 5.42.